The lowest BCUT2D eigenvalue weighted by Gasteiger charge is -2.20. The smallest absolute Gasteiger partial charge is 0.326 e. The van der Waals surface area contributed by atoms with E-state index in [-0.39, 0.29) is 24.1 Å². The van der Waals surface area contributed by atoms with Gasteiger partial charge in [0.05, 0.1) is 11.7 Å². The van der Waals surface area contributed by atoms with Crippen LogP contribution in [-0.4, -0.2) is 57.7 Å². The van der Waals surface area contributed by atoms with Gasteiger partial charge in [-0.25, -0.2) is 14.8 Å². The maximum atomic E-state index is 12.2. The molecular weight excluding hydrogens is 238 g/mol. The van der Waals surface area contributed by atoms with Crippen LogP contribution < -0.4 is 0 Å². The van der Waals surface area contributed by atoms with Gasteiger partial charge in [0, 0.05) is 32.5 Å². The molecule has 7 nitrogen and oxygen atoms in total. The highest BCUT2D eigenvalue weighted by atomic mass is 16.5. The topological polar surface area (TPSA) is 92.6 Å². The van der Waals surface area contributed by atoms with Crippen molar-refractivity contribution in [1.82, 2.24) is 14.9 Å². The number of carboxylic acid groups (broad SMARTS) is 1. The van der Waals surface area contributed by atoms with Gasteiger partial charge in [-0.3, -0.25) is 4.79 Å². The minimum atomic E-state index is -1.03. The summed E-state index contributed by atoms with van der Waals surface area (Å²) in [6, 6.07) is -0.859. The van der Waals surface area contributed by atoms with E-state index in [0.717, 1.165) is 0 Å². The van der Waals surface area contributed by atoms with Gasteiger partial charge in [0.1, 0.15) is 12.4 Å². The first-order valence-corrected chi connectivity index (χ1v) is 5.45. The van der Waals surface area contributed by atoms with E-state index in [1.54, 1.807) is 0 Å². The predicted octanol–water partition coefficient (Wildman–Crippen LogP) is -0.209. The molecule has 1 fully saturated rings. The summed E-state index contributed by atoms with van der Waals surface area (Å²) in [6.45, 7) is 0.265. The lowest BCUT2D eigenvalue weighted by atomic mass is 10.2. The number of aliphatic carboxylic acids is 1. The van der Waals surface area contributed by atoms with Gasteiger partial charge < -0.3 is 14.7 Å². The fourth-order valence-corrected chi connectivity index (χ4v) is 2.00. The molecule has 1 N–H and O–H groups in total. The number of nitrogens with zero attached hydrogens (tertiary/aromatic N) is 3. The van der Waals surface area contributed by atoms with Crippen LogP contribution in [-0.2, 0) is 9.53 Å². The van der Waals surface area contributed by atoms with Crippen LogP contribution in [0.25, 0.3) is 0 Å². The summed E-state index contributed by atoms with van der Waals surface area (Å²) < 4.78 is 5.12. The van der Waals surface area contributed by atoms with Crippen LogP contribution in [0.2, 0.25) is 0 Å². The first kappa shape index (κ1) is 12.4. The number of aromatic nitrogens is 2. The Labute approximate surface area is 103 Å². The molecule has 0 saturated carbocycles. The zero-order valence-electron chi connectivity index (χ0n) is 9.81. The van der Waals surface area contributed by atoms with Gasteiger partial charge >= 0.3 is 5.97 Å². The summed E-state index contributed by atoms with van der Waals surface area (Å²) in [5.74, 6) is -1.41. The number of amides is 1. The van der Waals surface area contributed by atoms with E-state index in [4.69, 9.17) is 9.84 Å². The Kier molecular flexibility index (Phi) is 3.52. The summed E-state index contributed by atoms with van der Waals surface area (Å²) in [7, 11) is 1.50. The molecule has 0 aromatic carbocycles. The predicted molar refractivity (Wildman–Crippen MR) is 59.9 cm³/mol. The number of carbonyl (C=O) groups excluding carboxylic acids is 1. The van der Waals surface area contributed by atoms with Crippen molar-refractivity contribution >= 4 is 11.9 Å². The molecule has 1 saturated heterocycles. The van der Waals surface area contributed by atoms with Gasteiger partial charge in [0.25, 0.3) is 5.91 Å². The van der Waals surface area contributed by atoms with Gasteiger partial charge in [-0.15, -0.1) is 0 Å². The minimum absolute atomic E-state index is 0.250. The van der Waals surface area contributed by atoms with E-state index in [1.807, 2.05) is 0 Å². The quantitative estimate of drug-likeness (QED) is 0.799. The van der Waals surface area contributed by atoms with Crippen LogP contribution >= 0.6 is 0 Å². The van der Waals surface area contributed by atoms with Crippen molar-refractivity contribution in [2.75, 3.05) is 13.7 Å². The van der Waals surface area contributed by atoms with Crippen molar-refractivity contribution in [2.24, 2.45) is 0 Å². The summed E-state index contributed by atoms with van der Waals surface area (Å²) in [5.41, 5.74) is 0.278. The molecular formula is C11H13N3O4. The van der Waals surface area contributed by atoms with Gasteiger partial charge in [0.15, 0.2) is 0 Å². The maximum absolute atomic E-state index is 12.2. The van der Waals surface area contributed by atoms with Crippen LogP contribution in [0.5, 0.6) is 0 Å². The van der Waals surface area contributed by atoms with Crippen LogP contribution in [0, 0.1) is 0 Å². The summed E-state index contributed by atoms with van der Waals surface area (Å²) >= 11 is 0. The Morgan fingerprint density at radius 1 is 1.44 bits per heavy atom. The Balaban J connectivity index is 2.21. The monoisotopic (exact) mass is 251 g/mol. The molecule has 2 atom stereocenters. The lowest BCUT2D eigenvalue weighted by Crippen LogP contribution is -2.40. The number of hydrogen-bond donors (Lipinski definition) is 1. The molecule has 2 unspecified atom stereocenters. The van der Waals surface area contributed by atoms with Gasteiger partial charge in [-0.05, 0) is 0 Å². The summed E-state index contributed by atoms with van der Waals surface area (Å²) in [6.07, 6.45) is 4.10. The normalized spacial score (nSPS) is 23.1. The maximum Gasteiger partial charge on any atom is 0.326 e. The first-order chi connectivity index (χ1) is 8.63. The molecule has 2 rings (SSSR count). The number of carbonyl (C=O) groups is 2. The van der Waals surface area contributed by atoms with E-state index in [0.29, 0.717) is 6.42 Å². The van der Waals surface area contributed by atoms with Crippen LogP contribution in [0.3, 0.4) is 0 Å². The van der Waals surface area contributed by atoms with Crippen molar-refractivity contribution in [3.8, 4) is 0 Å². The molecule has 0 radical (unpaired) electrons. The van der Waals surface area contributed by atoms with Crippen molar-refractivity contribution in [3.05, 3.63) is 24.3 Å². The Morgan fingerprint density at radius 2 is 2.11 bits per heavy atom. The Hall–Kier alpha value is -2.02. The van der Waals surface area contributed by atoms with Crippen LogP contribution in [0.4, 0.5) is 0 Å². The third kappa shape index (κ3) is 2.30. The standard InChI is InChI=1S/C11H13N3O4/c1-18-8-2-9(11(16)17)14(5-8)10(15)7-3-12-6-13-4-7/h3-4,6,8-9H,2,5H2,1H3,(H,16,17). The largest absolute Gasteiger partial charge is 0.480 e. The molecule has 1 aromatic heterocycles. The lowest BCUT2D eigenvalue weighted by molar-refractivity contribution is -0.141. The molecule has 0 bridgehead atoms. The van der Waals surface area contributed by atoms with E-state index in [2.05, 4.69) is 9.97 Å². The van der Waals surface area contributed by atoms with Crippen molar-refractivity contribution in [2.45, 2.75) is 18.6 Å². The molecule has 96 valence electrons. The molecule has 1 aliphatic rings. The average Bonchev–Trinajstić information content (AvgIpc) is 2.83. The first-order valence-electron chi connectivity index (χ1n) is 5.45. The number of hydrogen-bond acceptors (Lipinski definition) is 5. The van der Waals surface area contributed by atoms with E-state index in [9.17, 15) is 9.59 Å². The molecule has 1 aromatic rings. The number of carboxylic acids is 1. The molecule has 0 aliphatic carbocycles. The third-order valence-electron chi connectivity index (χ3n) is 2.95. The van der Waals surface area contributed by atoms with Crippen LogP contribution in [0.1, 0.15) is 16.8 Å². The van der Waals surface area contributed by atoms with Crippen molar-refractivity contribution in [1.29, 1.82) is 0 Å². The van der Waals surface area contributed by atoms with Gasteiger partial charge in [0.2, 0.25) is 0 Å². The Bertz CT molecular complexity index is 451. The highest BCUT2D eigenvalue weighted by Gasteiger charge is 2.40. The fraction of sp³-hybridized carbons (Fsp3) is 0.455. The van der Waals surface area contributed by atoms with Crippen molar-refractivity contribution in [3.63, 3.8) is 0 Å². The highest BCUT2D eigenvalue weighted by molar-refractivity contribution is 5.96. The Morgan fingerprint density at radius 3 is 2.67 bits per heavy atom. The van der Waals surface area contributed by atoms with Crippen molar-refractivity contribution < 1.29 is 19.4 Å². The second-order valence-electron chi connectivity index (χ2n) is 4.03. The number of likely N-dealkylation sites (tertiary alicyclic amines) is 1. The second kappa shape index (κ2) is 5.09. The SMILES string of the molecule is COC1CC(C(=O)O)N(C(=O)c2cncnc2)C1. The van der Waals surface area contributed by atoms with E-state index < -0.39 is 12.0 Å². The second-order valence-corrected chi connectivity index (χ2v) is 4.03. The highest BCUT2D eigenvalue weighted by Crippen LogP contribution is 2.22. The molecule has 7 heteroatoms. The number of methoxy groups -OCH3 is 1. The third-order valence-corrected chi connectivity index (χ3v) is 2.95. The molecule has 2 heterocycles. The molecule has 0 spiro atoms. The van der Waals surface area contributed by atoms with Crippen LogP contribution in [0.15, 0.2) is 18.7 Å². The summed E-state index contributed by atoms with van der Waals surface area (Å²) in [5, 5.41) is 9.11. The summed E-state index contributed by atoms with van der Waals surface area (Å²) in [4.78, 5) is 32.1. The zero-order chi connectivity index (χ0) is 13.1. The number of rotatable bonds is 3. The van der Waals surface area contributed by atoms with Gasteiger partial charge in [-0.1, -0.05) is 0 Å². The van der Waals surface area contributed by atoms with E-state index in [1.165, 1.54) is 30.7 Å². The van der Waals surface area contributed by atoms with Gasteiger partial charge in [-0.2, -0.15) is 0 Å². The molecule has 1 aliphatic heterocycles. The average molecular weight is 251 g/mol. The molecule has 1 amide bonds. The number of ether oxygens (including phenoxy) is 1. The van der Waals surface area contributed by atoms with E-state index >= 15 is 0 Å². The zero-order valence-corrected chi connectivity index (χ0v) is 9.81. The molecule has 18 heavy (non-hydrogen) atoms. The minimum Gasteiger partial charge on any atom is -0.480 e. The fourth-order valence-electron chi connectivity index (χ4n) is 2.00.